The average molecular weight is 412 g/mol. The lowest BCUT2D eigenvalue weighted by Crippen LogP contribution is -2.43. The zero-order chi connectivity index (χ0) is 20.6. The lowest BCUT2D eigenvalue weighted by molar-refractivity contribution is 0.140. The highest BCUT2D eigenvalue weighted by Gasteiger charge is 2.19. The molecule has 2 fully saturated rings. The van der Waals surface area contributed by atoms with Crippen molar-refractivity contribution < 1.29 is 13.9 Å². The summed E-state index contributed by atoms with van der Waals surface area (Å²) in [6.45, 7) is 4.89. The molecular weight excluding hydrogens is 378 g/mol. The monoisotopic (exact) mass is 411 g/mol. The maximum atomic E-state index is 6.24. The van der Waals surface area contributed by atoms with Crippen molar-refractivity contribution in [1.82, 2.24) is 10.6 Å². The summed E-state index contributed by atoms with van der Waals surface area (Å²) in [7, 11) is 0. The van der Waals surface area contributed by atoms with Crippen LogP contribution < -0.4 is 15.4 Å². The molecule has 2 aromatic rings. The number of aryl methyl sites for hydroxylation is 1. The summed E-state index contributed by atoms with van der Waals surface area (Å²) in [5.74, 6) is 2.77. The van der Waals surface area contributed by atoms with Gasteiger partial charge in [-0.15, -0.1) is 0 Å². The number of furan rings is 1. The molecule has 0 radical (unpaired) electrons. The van der Waals surface area contributed by atoms with Crippen molar-refractivity contribution in [2.75, 3.05) is 19.8 Å². The Labute approximate surface area is 179 Å². The number of nitrogens with one attached hydrogen (secondary N) is 2. The van der Waals surface area contributed by atoms with E-state index < -0.39 is 0 Å². The Hall–Kier alpha value is -2.47. The lowest BCUT2D eigenvalue weighted by Gasteiger charge is -2.18. The fourth-order valence-electron chi connectivity index (χ4n) is 4.03. The van der Waals surface area contributed by atoms with E-state index in [9.17, 15) is 0 Å². The summed E-state index contributed by atoms with van der Waals surface area (Å²) in [4.78, 5) is 4.89. The van der Waals surface area contributed by atoms with Crippen LogP contribution >= 0.6 is 0 Å². The standard InChI is InChI=1S/C24H33N3O3/c1-18-8-9-19(23(15-18)30-22-11-14-28-17-22)16-26-24(27-20-5-2-3-6-20)25-12-10-21-7-4-13-29-21/h4,7-9,13,15,20,22H,2-3,5-6,10-12,14,16-17H2,1H3,(H2,25,26,27). The summed E-state index contributed by atoms with van der Waals surface area (Å²) >= 11 is 0. The van der Waals surface area contributed by atoms with Gasteiger partial charge in [0.15, 0.2) is 5.96 Å². The molecule has 6 heteroatoms. The zero-order valence-corrected chi connectivity index (χ0v) is 17.9. The highest BCUT2D eigenvalue weighted by Crippen LogP contribution is 2.24. The summed E-state index contributed by atoms with van der Waals surface area (Å²) < 4.78 is 17.1. The van der Waals surface area contributed by atoms with Crippen LogP contribution in [0.5, 0.6) is 5.75 Å². The minimum Gasteiger partial charge on any atom is -0.488 e. The van der Waals surface area contributed by atoms with Gasteiger partial charge in [-0.3, -0.25) is 0 Å². The second kappa shape index (κ2) is 10.5. The van der Waals surface area contributed by atoms with Crippen LogP contribution in [0.2, 0.25) is 0 Å². The Morgan fingerprint density at radius 1 is 1.20 bits per heavy atom. The van der Waals surface area contributed by atoms with E-state index in [0.717, 1.165) is 49.0 Å². The third kappa shape index (κ3) is 6.02. The van der Waals surface area contributed by atoms with Crippen LogP contribution in [0.4, 0.5) is 0 Å². The van der Waals surface area contributed by atoms with Gasteiger partial charge in [-0.2, -0.15) is 0 Å². The molecule has 1 aromatic carbocycles. The van der Waals surface area contributed by atoms with Crippen LogP contribution in [-0.2, 0) is 17.7 Å². The Balaban J connectivity index is 1.42. The predicted molar refractivity (Wildman–Crippen MR) is 118 cm³/mol. The summed E-state index contributed by atoms with van der Waals surface area (Å²) in [6.07, 6.45) is 8.62. The van der Waals surface area contributed by atoms with Crippen LogP contribution in [0.1, 0.15) is 49.0 Å². The minimum absolute atomic E-state index is 0.136. The maximum Gasteiger partial charge on any atom is 0.191 e. The van der Waals surface area contributed by atoms with Crippen molar-refractivity contribution in [1.29, 1.82) is 0 Å². The van der Waals surface area contributed by atoms with Gasteiger partial charge >= 0.3 is 0 Å². The topological polar surface area (TPSA) is 68.0 Å². The van der Waals surface area contributed by atoms with Gasteiger partial charge in [-0.1, -0.05) is 25.0 Å². The van der Waals surface area contributed by atoms with E-state index in [1.807, 2.05) is 12.1 Å². The molecule has 0 spiro atoms. The third-order valence-corrected chi connectivity index (χ3v) is 5.75. The van der Waals surface area contributed by atoms with Gasteiger partial charge in [0.05, 0.1) is 26.0 Å². The molecule has 2 heterocycles. The van der Waals surface area contributed by atoms with Crippen molar-refractivity contribution in [2.45, 2.75) is 64.1 Å². The molecule has 162 valence electrons. The molecule has 2 aliphatic rings. The number of benzene rings is 1. The number of hydrogen-bond donors (Lipinski definition) is 2. The van der Waals surface area contributed by atoms with Gasteiger partial charge in [-0.05, 0) is 43.5 Å². The maximum absolute atomic E-state index is 6.24. The first-order valence-corrected chi connectivity index (χ1v) is 11.2. The van der Waals surface area contributed by atoms with E-state index >= 15 is 0 Å². The number of ether oxygens (including phenoxy) is 2. The first-order valence-electron chi connectivity index (χ1n) is 11.2. The number of guanidine groups is 1. The molecule has 1 atom stereocenters. The molecule has 1 unspecified atom stereocenters. The molecule has 0 amide bonds. The Morgan fingerprint density at radius 3 is 2.87 bits per heavy atom. The van der Waals surface area contributed by atoms with Gasteiger partial charge in [0, 0.05) is 31.0 Å². The van der Waals surface area contributed by atoms with Gasteiger partial charge in [0.1, 0.15) is 17.6 Å². The van der Waals surface area contributed by atoms with Gasteiger partial charge in [0.25, 0.3) is 0 Å². The van der Waals surface area contributed by atoms with Gasteiger partial charge in [-0.25, -0.2) is 4.99 Å². The Morgan fingerprint density at radius 2 is 2.10 bits per heavy atom. The molecule has 1 saturated heterocycles. The van der Waals surface area contributed by atoms with E-state index in [1.54, 1.807) is 6.26 Å². The molecule has 1 aliphatic heterocycles. The third-order valence-electron chi connectivity index (χ3n) is 5.75. The smallest absolute Gasteiger partial charge is 0.191 e. The SMILES string of the molecule is Cc1ccc(CN=C(NCCc2ccco2)NC2CCCC2)c(OC2CCOC2)c1. The van der Waals surface area contributed by atoms with Crippen LogP contribution in [0, 0.1) is 6.92 Å². The van der Waals surface area contributed by atoms with Crippen molar-refractivity contribution in [2.24, 2.45) is 4.99 Å². The minimum atomic E-state index is 0.136. The lowest BCUT2D eigenvalue weighted by atomic mass is 10.1. The predicted octanol–water partition coefficient (Wildman–Crippen LogP) is 3.98. The number of hydrogen-bond acceptors (Lipinski definition) is 4. The molecule has 4 rings (SSSR count). The van der Waals surface area contributed by atoms with Gasteiger partial charge in [0.2, 0.25) is 0 Å². The van der Waals surface area contributed by atoms with Crippen LogP contribution in [0.15, 0.2) is 46.0 Å². The largest absolute Gasteiger partial charge is 0.488 e. The molecule has 1 aliphatic carbocycles. The quantitative estimate of drug-likeness (QED) is 0.508. The van der Waals surface area contributed by atoms with E-state index in [-0.39, 0.29) is 6.10 Å². The summed E-state index contributed by atoms with van der Waals surface area (Å²) in [6, 6.07) is 10.8. The van der Waals surface area contributed by atoms with Crippen molar-refractivity contribution in [3.63, 3.8) is 0 Å². The highest BCUT2D eigenvalue weighted by atomic mass is 16.5. The van der Waals surface area contributed by atoms with Gasteiger partial charge < -0.3 is 24.5 Å². The van der Waals surface area contributed by atoms with E-state index in [2.05, 4.69) is 35.8 Å². The molecule has 1 aromatic heterocycles. The van der Waals surface area contributed by atoms with E-state index in [0.29, 0.717) is 19.2 Å². The summed E-state index contributed by atoms with van der Waals surface area (Å²) in [5, 5.41) is 7.09. The Bertz CT molecular complexity index is 807. The zero-order valence-electron chi connectivity index (χ0n) is 17.9. The number of nitrogens with zero attached hydrogens (tertiary/aromatic N) is 1. The second-order valence-corrected chi connectivity index (χ2v) is 8.26. The van der Waals surface area contributed by atoms with Crippen molar-refractivity contribution in [3.05, 3.63) is 53.5 Å². The number of aliphatic imine (C=N–C) groups is 1. The average Bonchev–Trinajstić information content (AvgIpc) is 3.51. The molecule has 2 N–H and O–H groups in total. The van der Waals surface area contributed by atoms with Crippen molar-refractivity contribution >= 4 is 5.96 Å². The normalized spacial score (nSPS) is 19.9. The molecular formula is C24H33N3O3. The fraction of sp³-hybridized carbons (Fsp3) is 0.542. The summed E-state index contributed by atoms with van der Waals surface area (Å²) in [5.41, 5.74) is 2.29. The molecule has 1 saturated carbocycles. The fourth-order valence-corrected chi connectivity index (χ4v) is 4.03. The van der Waals surface area contributed by atoms with Crippen LogP contribution in [0.25, 0.3) is 0 Å². The number of rotatable bonds is 8. The molecule has 6 nitrogen and oxygen atoms in total. The van der Waals surface area contributed by atoms with E-state index in [4.69, 9.17) is 18.9 Å². The van der Waals surface area contributed by atoms with Crippen molar-refractivity contribution in [3.8, 4) is 5.75 Å². The molecule has 30 heavy (non-hydrogen) atoms. The highest BCUT2D eigenvalue weighted by molar-refractivity contribution is 5.80. The second-order valence-electron chi connectivity index (χ2n) is 8.26. The Kier molecular flexibility index (Phi) is 7.29. The van der Waals surface area contributed by atoms with E-state index in [1.165, 1.54) is 31.2 Å². The first-order chi connectivity index (χ1) is 14.8. The first kappa shape index (κ1) is 20.8. The molecule has 0 bridgehead atoms. The van der Waals surface area contributed by atoms with Crippen LogP contribution in [0.3, 0.4) is 0 Å². The van der Waals surface area contributed by atoms with Crippen LogP contribution in [-0.4, -0.2) is 37.9 Å².